The molecule has 1 atom stereocenters. The van der Waals surface area contributed by atoms with Crippen molar-refractivity contribution in [1.82, 2.24) is 4.67 Å². The van der Waals surface area contributed by atoms with E-state index in [0.29, 0.717) is 0 Å². The van der Waals surface area contributed by atoms with E-state index < -0.39 is 7.52 Å². The van der Waals surface area contributed by atoms with Gasteiger partial charge < -0.3 is 4.52 Å². The molecule has 0 spiro atoms. The van der Waals surface area contributed by atoms with Crippen LogP contribution in [0.2, 0.25) is 0 Å². The lowest BCUT2D eigenvalue weighted by atomic mass is 9.98. The van der Waals surface area contributed by atoms with Gasteiger partial charge in [-0.25, -0.2) is 4.67 Å². The Morgan fingerprint density at radius 1 is 1.17 bits per heavy atom. The molecule has 0 amide bonds. The van der Waals surface area contributed by atoms with E-state index in [9.17, 15) is 9.83 Å². The van der Waals surface area contributed by atoms with Gasteiger partial charge in [-0.1, -0.05) is 19.3 Å². The maximum atomic E-state index is 12.8. The van der Waals surface area contributed by atoms with Crippen molar-refractivity contribution in [2.24, 2.45) is 0 Å². The third-order valence-electron chi connectivity index (χ3n) is 3.33. The van der Waals surface area contributed by atoms with Crippen LogP contribution < -0.4 is 0 Å². The Morgan fingerprint density at radius 2 is 1.67 bits per heavy atom. The second-order valence-corrected chi connectivity index (χ2v) is 7.47. The molecule has 0 bridgehead atoms. The van der Waals surface area contributed by atoms with Crippen LogP contribution in [-0.4, -0.2) is 22.9 Å². The molecule has 104 valence electrons. The van der Waals surface area contributed by atoms with Crippen LogP contribution in [0.15, 0.2) is 0 Å². The van der Waals surface area contributed by atoms with Crippen LogP contribution in [0, 0.1) is 11.1 Å². The third-order valence-corrected chi connectivity index (χ3v) is 5.70. The average Bonchev–Trinajstić information content (AvgIpc) is 2.29. The maximum absolute atomic E-state index is 12.8. The molecular weight excluding hydrogens is 247 g/mol. The summed E-state index contributed by atoms with van der Waals surface area (Å²) in [5, 5.41) is 9.30. The highest BCUT2D eigenvalue weighted by Gasteiger charge is 2.38. The molecule has 1 unspecified atom stereocenters. The van der Waals surface area contributed by atoms with Crippen LogP contribution in [0.25, 0.3) is 0 Å². The SMILES string of the molecule is CC(C)N(C(C)C)P(=O)(C#N)OC1CCCCC1. The van der Waals surface area contributed by atoms with Gasteiger partial charge in [-0.2, -0.15) is 5.26 Å². The van der Waals surface area contributed by atoms with E-state index >= 15 is 0 Å². The number of hydrogen-bond acceptors (Lipinski definition) is 3. The highest BCUT2D eigenvalue weighted by atomic mass is 31.2. The van der Waals surface area contributed by atoms with Crippen molar-refractivity contribution in [2.75, 3.05) is 0 Å². The van der Waals surface area contributed by atoms with E-state index in [-0.39, 0.29) is 18.2 Å². The molecule has 1 aliphatic rings. The van der Waals surface area contributed by atoms with Crippen molar-refractivity contribution in [3.05, 3.63) is 0 Å². The molecule has 18 heavy (non-hydrogen) atoms. The van der Waals surface area contributed by atoms with Crippen LogP contribution in [0.5, 0.6) is 0 Å². The normalized spacial score (nSPS) is 21.2. The monoisotopic (exact) mass is 272 g/mol. The zero-order valence-corrected chi connectivity index (χ0v) is 12.8. The summed E-state index contributed by atoms with van der Waals surface area (Å²) in [6, 6.07) is 0.0816. The predicted octanol–water partition coefficient (Wildman–Crippen LogP) is 4.13. The van der Waals surface area contributed by atoms with E-state index in [4.69, 9.17) is 4.52 Å². The standard InChI is InChI=1S/C13H25N2O2P/c1-11(2)15(12(3)4)18(16,10-14)17-13-8-6-5-7-9-13/h11-13H,5-9H2,1-4H3. The van der Waals surface area contributed by atoms with E-state index in [1.54, 1.807) is 4.67 Å². The molecule has 0 aromatic heterocycles. The van der Waals surface area contributed by atoms with Crippen molar-refractivity contribution in [3.8, 4) is 5.81 Å². The minimum absolute atomic E-state index is 0.00997. The highest BCUT2D eigenvalue weighted by Crippen LogP contribution is 2.54. The van der Waals surface area contributed by atoms with Gasteiger partial charge in [-0.15, -0.1) is 0 Å². The summed E-state index contributed by atoms with van der Waals surface area (Å²) in [5.74, 6) is 1.95. The minimum Gasteiger partial charge on any atom is -0.304 e. The Balaban J connectivity index is 2.83. The van der Waals surface area contributed by atoms with Crippen LogP contribution in [0.3, 0.4) is 0 Å². The van der Waals surface area contributed by atoms with E-state index in [2.05, 4.69) is 0 Å². The lowest BCUT2D eigenvalue weighted by Gasteiger charge is -2.35. The highest BCUT2D eigenvalue weighted by molar-refractivity contribution is 7.61. The third kappa shape index (κ3) is 3.82. The Labute approximate surface area is 111 Å². The Morgan fingerprint density at radius 3 is 2.06 bits per heavy atom. The van der Waals surface area contributed by atoms with Gasteiger partial charge in [0.1, 0.15) is 0 Å². The van der Waals surface area contributed by atoms with Crippen LogP contribution >= 0.6 is 7.52 Å². The van der Waals surface area contributed by atoms with Gasteiger partial charge in [0.05, 0.1) is 6.10 Å². The van der Waals surface area contributed by atoms with Crippen molar-refractivity contribution in [1.29, 1.82) is 5.26 Å². The second-order valence-electron chi connectivity index (χ2n) is 5.55. The molecule has 1 saturated carbocycles. The summed E-state index contributed by atoms with van der Waals surface area (Å²) in [4.78, 5) is 0. The summed E-state index contributed by atoms with van der Waals surface area (Å²) in [5.41, 5.74) is 0. The number of rotatable bonds is 5. The first-order valence-electron chi connectivity index (χ1n) is 6.89. The minimum atomic E-state index is -3.35. The molecule has 0 saturated heterocycles. The Hall–Kier alpha value is -0.360. The molecule has 0 heterocycles. The van der Waals surface area contributed by atoms with Gasteiger partial charge in [0.2, 0.25) is 0 Å². The molecule has 0 aliphatic heterocycles. The Kier molecular flexibility index (Phi) is 5.85. The van der Waals surface area contributed by atoms with Crippen molar-refractivity contribution in [3.63, 3.8) is 0 Å². The van der Waals surface area contributed by atoms with Gasteiger partial charge >= 0.3 is 7.52 Å². The van der Waals surface area contributed by atoms with E-state index in [0.717, 1.165) is 25.7 Å². The van der Waals surface area contributed by atoms with Crippen molar-refractivity contribution < 1.29 is 9.09 Å². The molecule has 0 aromatic rings. The zero-order chi connectivity index (χ0) is 13.8. The fourth-order valence-corrected chi connectivity index (χ4v) is 4.80. The van der Waals surface area contributed by atoms with Crippen LogP contribution in [-0.2, 0) is 9.09 Å². The topological polar surface area (TPSA) is 53.3 Å². The largest absolute Gasteiger partial charge is 0.371 e. The first kappa shape index (κ1) is 15.7. The van der Waals surface area contributed by atoms with Gasteiger partial charge in [0.25, 0.3) is 0 Å². The van der Waals surface area contributed by atoms with Crippen molar-refractivity contribution >= 4 is 7.52 Å². The molecule has 1 aliphatic carbocycles. The summed E-state index contributed by atoms with van der Waals surface area (Å²) >= 11 is 0. The molecule has 0 radical (unpaired) electrons. The zero-order valence-electron chi connectivity index (χ0n) is 11.9. The van der Waals surface area contributed by atoms with E-state index in [1.807, 2.05) is 33.5 Å². The van der Waals surface area contributed by atoms with Crippen LogP contribution in [0.1, 0.15) is 59.8 Å². The van der Waals surface area contributed by atoms with Crippen molar-refractivity contribution in [2.45, 2.75) is 78.0 Å². The van der Waals surface area contributed by atoms with Gasteiger partial charge in [0, 0.05) is 12.1 Å². The Bertz CT molecular complexity index is 335. The lowest BCUT2D eigenvalue weighted by Crippen LogP contribution is -2.35. The number of hydrogen-bond donors (Lipinski definition) is 0. The quantitative estimate of drug-likeness (QED) is 0.706. The molecular formula is C13H25N2O2P. The summed E-state index contributed by atoms with van der Waals surface area (Å²) < 4.78 is 20.2. The molecule has 0 aromatic carbocycles. The summed E-state index contributed by atoms with van der Waals surface area (Å²) in [6.07, 6.45) is 5.28. The smallest absolute Gasteiger partial charge is 0.304 e. The summed E-state index contributed by atoms with van der Waals surface area (Å²) in [6.45, 7) is 7.81. The molecule has 0 N–H and O–H groups in total. The molecule has 1 rings (SSSR count). The lowest BCUT2D eigenvalue weighted by molar-refractivity contribution is 0.132. The molecule has 1 fully saturated rings. The molecule has 5 heteroatoms. The summed E-state index contributed by atoms with van der Waals surface area (Å²) in [7, 11) is -3.35. The van der Waals surface area contributed by atoms with Gasteiger partial charge in [-0.05, 0) is 40.5 Å². The van der Waals surface area contributed by atoms with Gasteiger partial charge in [0.15, 0.2) is 5.81 Å². The first-order chi connectivity index (χ1) is 8.40. The predicted molar refractivity (Wildman–Crippen MR) is 73.3 cm³/mol. The second kappa shape index (κ2) is 6.70. The maximum Gasteiger partial charge on any atom is 0.371 e. The number of nitriles is 1. The molecule has 4 nitrogen and oxygen atoms in total. The fourth-order valence-electron chi connectivity index (χ4n) is 2.71. The fraction of sp³-hybridized carbons (Fsp3) is 0.923. The van der Waals surface area contributed by atoms with Crippen LogP contribution in [0.4, 0.5) is 0 Å². The number of nitrogens with zero attached hydrogens (tertiary/aromatic N) is 2. The average molecular weight is 272 g/mol. The van der Waals surface area contributed by atoms with E-state index in [1.165, 1.54) is 6.42 Å². The first-order valence-corrected chi connectivity index (χ1v) is 8.47. The van der Waals surface area contributed by atoms with Gasteiger partial charge in [-0.3, -0.25) is 4.57 Å².